The molecule has 0 radical (unpaired) electrons. The van der Waals surface area contributed by atoms with Crippen molar-refractivity contribution in [2.24, 2.45) is 5.73 Å². The molecule has 6 heteroatoms. The molecule has 0 spiro atoms. The molecule has 0 aromatic rings. The number of carbonyl (C=O) groups is 2. The second-order valence-electron chi connectivity index (χ2n) is 3.12. The highest BCUT2D eigenvalue weighted by Crippen LogP contribution is 2.04. The minimum atomic E-state index is -0.379. The summed E-state index contributed by atoms with van der Waals surface area (Å²) >= 11 is 1.33. The minimum Gasteiger partial charge on any atom is -0.395 e. The maximum atomic E-state index is 11.6. The summed E-state index contributed by atoms with van der Waals surface area (Å²) in [5.74, 6) is 0.358. The number of rotatable bonds is 9. The summed E-state index contributed by atoms with van der Waals surface area (Å²) in [7, 11) is 0. The molecule has 0 rings (SSSR count). The number of thioether (sulfide) groups is 1. The fourth-order valence-corrected chi connectivity index (χ4v) is 1.75. The van der Waals surface area contributed by atoms with Crippen LogP contribution in [0.1, 0.15) is 6.42 Å². The quantitative estimate of drug-likeness (QED) is 0.428. The Labute approximate surface area is 99.7 Å². The summed E-state index contributed by atoms with van der Waals surface area (Å²) in [5.41, 5.74) is 4.96. The molecule has 3 N–H and O–H groups in total. The van der Waals surface area contributed by atoms with Crippen molar-refractivity contribution in [1.29, 1.82) is 0 Å². The molecule has 0 saturated carbocycles. The van der Waals surface area contributed by atoms with E-state index in [1.165, 1.54) is 16.7 Å². The molecule has 0 aliphatic carbocycles. The number of primary amides is 1. The van der Waals surface area contributed by atoms with Gasteiger partial charge in [-0.25, -0.2) is 0 Å². The van der Waals surface area contributed by atoms with E-state index in [4.69, 9.17) is 10.8 Å². The van der Waals surface area contributed by atoms with E-state index in [-0.39, 0.29) is 24.2 Å². The molecule has 0 aliphatic heterocycles. The van der Waals surface area contributed by atoms with Crippen LogP contribution < -0.4 is 5.73 Å². The van der Waals surface area contributed by atoms with Crippen molar-refractivity contribution in [2.75, 3.05) is 31.2 Å². The third kappa shape index (κ3) is 7.30. The predicted octanol–water partition coefficient (Wildman–Crippen LogP) is -0.398. The lowest BCUT2D eigenvalue weighted by Gasteiger charge is -2.19. The molecule has 0 unspecified atom stereocenters. The van der Waals surface area contributed by atoms with Crippen molar-refractivity contribution in [3.8, 4) is 0 Å². The van der Waals surface area contributed by atoms with Gasteiger partial charge in [0.05, 0.1) is 12.4 Å². The van der Waals surface area contributed by atoms with Crippen molar-refractivity contribution in [3.05, 3.63) is 12.7 Å². The summed E-state index contributed by atoms with van der Waals surface area (Å²) in [6.07, 6.45) is 1.95. The Kier molecular flexibility index (Phi) is 8.65. The Morgan fingerprint density at radius 2 is 2.19 bits per heavy atom. The standard InChI is InChI=1S/C10H18N2O3S/c1-2-4-12(5-6-13)10(15)3-7-16-8-9(11)14/h2,13H,1,3-8H2,(H2,11,14). The van der Waals surface area contributed by atoms with Crippen molar-refractivity contribution < 1.29 is 14.7 Å². The SMILES string of the molecule is C=CCN(CCO)C(=O)CCSCC(N)=O. The van der Waals surface area contributed by atoms with Crippen LogP contribution in [0.3, 0.4) is 0 Å². The van der Waals surface area contributed by atoms with Crippen LogP contribution >= 0.6 is 11.8 Å². The van der Waals surface area contributed by atoms with E-state index in [1.807, 2.05) is 0 Å². The highest BCUT2D eigenvalue weighted by molar-refractivity contribution is 7.99. The number of aliphatic hydroxyl groups excluding tert-OH is 1. The van der Waals surface area contributed by atoms with Crippen LogP contribution in [0.2, 0.25) is 0 Å². The number of nitrogens with zero attached hydrogens (tertiary/aromatic N) is 1. The number of nitrogens with two attached hydrogens (primary N) is 1. The molecule has 0 fully saturated rings. The van der Waals surface area contributed by atoms with Gasteiger partial charge in [-0.05, 0) is 0 Å². The molecule has 0 aromatic carbocycles. The van der Waals surface area contributed by atoms with Gasteiger partial charge in [-0.1, -0.05) is 6.08 Å². The van der Waals surface area contributed by atoms with Crippen LogP contribution in [-0.2, 0) is 9.59 Å². The fourth-order valence-electron chi connectivity index (χ4n) is 1.08. The van der Waals surface area contributed by atoms with E-state index >= 15 is 0 Å². The zero-order valence-corrected chi connectivity index (χ0v) is 10.0. The van der Waals surface area contributed by atoms with E-state index in [9.17, 15) is 9.59 Å². The summed E-state index contributed by atoms with van der Waals surface area (Å²) in [6.45, 7) is 4.22. The van der Waals surface area contributed by atoms with E-state index in [2.05, 4.69) is 6.58 Å². The molecule has 0 saturated heterocycles. The van der Waals surface area contributed by atoms with Gasteiger partial charge in [0.15, 0.2) is 0 Å². The van der Waals surface area contributed by atoms with E-state index in [0.29, 0.717) is 25.3 Å². The first-order chi connectivity index (χ1) is 7.61. The Hall–Kier alpha value is -1.01. The van der Waals surface area contributed by atoms with Crippen molar-refractivity contribution in [2.45, 2.75) is 6.42 Å². The van der Waals surface area contributed by atoms with Gasteiger partial charge in [-0.2, -0.15) is 11.8 Å². The summed E-state index contributed by atoms with van der Waals surface area (Å²) < 4.78 is 0. The molecular formula is C10H18N2O3S. The molecule has 0 aliphatic rings. The minimum absolute atomic E-state index is 0.0501. The summed E-state index contributed by atoms with van der Waals surface area (Å²) in [4.78, 5) is 23.6. The maximum Gasteiger partial charge on any atom is 0.227 e. The van der Waals surface area contributed by atoms with Gasteiger partial charge < -0.3 is 15.7 Å². The normalized spacial score (nSPS) is 9.81. The Morgan fingerprint density at radius 3 is 2.69 bits per heavy atom. The van der Waals surface area contributed by atoms with Gasteiger partial charge in [0.2, 0.25) is 11.8 Å². The number of carbonyl (C=O) groups excluding carboxylic acids is 2. The van der Waals surface area contributed by atoms with Gasteiger partial charge in [-0.15, -0.1) is 6.58 Å². The van der Waals surface area contributed by atoms with E-state index in [0.717, 1.165) is 0 Å². The van der Waals surface area contributed by atoms with Gasteiger partial charge >= 0.3 is 0 Å². The molecule has 0 aromatic heterocycles. The fraction of sp³-hybridized carbons (Fsp3) is 0.600. The Morgan fingerprint density at radius 1 is 1.50 bits per heavy atom. The highest BCUT2D eigenvalue weighted by Gasteiger charge is 2.10. The van der Waals surface area contributed by atoms with Crippen LogP contribution in [0, 0.1) is 0 Å². The summed E-state index contributed by atoms with van der Waals surface area (Å²) in [5, 5.41) is 8.76. The lowest BCUT2D eigenvalue weighted by atomic mass is 10.3. The second kappa shape index (κ2) is 9.23. The van der Waals surface area contributed by atoms with E-state index < -0.39 is 0 Å². The first kappa shape index (κ1) is 15.0. The maximum absolute atomic E-state index is 11.6. The van der Waals surface area contributed by atoms with Gasteiger partial charge in [0.25, 0.3) is 0 Å². The molecule has 0 heterocycles. The van der Waals surface area contributed by atoms with Crippen molar-refractivity contribution in [1.82, 2.24) is 4.90 Å². The zero-order valence-electron chi connectivity index (χ0n) is 9.22. The van der Waals surface area contributed by atoms with Crippen LogP contribution in [0.25, 0.3) is 0 Å². The third-order valence-electron chi connectivity index (χ3n) is 1.78. The number of hydrogen-bond donors (Lipinski definition) is 2. The molecule has 0 bridgehead atoms. The average molecular weight is 246 g/mol. The molecule has 0 atom stereocenters. The van der Waals surface area contributed by atoms with Gasteiger partial charge in [0, 0.05) is 25.3 Å². The number of aliphatic hydroxyl groups is 1. The van der Waals surface area contributed by atoms with Crippen molar-refractivity contribution >= 4 is 23.6 Å². The highest BCUT2D eigenvalue weighted by atomic mass is 32.2. The van der Waals surface area contributed by atoms with Gasteiger partial charge in [-0.3, -0.25) is 9.59 Å². The average Bonchev–Trinajstić information content (AvgIpc) is 2.23. The van der Waals surface area contributed by atoms with Crippen LogP contribution in [-0.4, -0.2) is 53.0 Å². The Balaban J connectivity index is 3.81. The van der Waals surface area contributed by atoms with Crippen LogP contribution in [0.5, 0.6) is 0 Å². The van der Waals surface area contributed by atoms with Crippen LogP contribution in [0.15, 0.2) is 12.7 Å². The zero-order chi connectivity index (χ0) is 12.4. The Bertz CT molecular complexity index is 246. The first-order valence-electron chi connectivity index (χ1n) is 4.97. The lowest BCUT2D eigenvalue weighted by Crippen LogP contribution is -2.33. The monoisotopic (exact) mass is 246 g/mol. The lowest BCUT2D eigenvalue weighted by molar-refractivity contribution is -0.130. The molecule has 2 amide bonds. The molecule has 16 heavy (non-hydrogen) atoms. The molecular weight excluding hydrogens is 228 g/mol. The third-order valence-corrected chi connectivity index (χ3v) is 2.76. The summed E-state index contributed by atoms with van der Waals surface area (Å²) in [6, 6.07) is 0. The van der Waals surface area contributed by atoms with Crippen molar-refractivity contribution in [3.63, 3.8) is 0 Å². The number of hydrogen-bond acceptors (Lipinski definition) is 4. The topological polar surface area (TPSA) is 83.6 Å². The van der Waals surface area contributed by atoms with Gasteiger partial charge in [0.1, 0.15) is 0 Å². The molecule has 92 valence electrons. The predicted molar refractivity (Wildman–Crippen MR) is 65.0 cm³/mol. The number of amides is 2. The largest absolute Gasteiger partial charge is 0.395 e. The molecule has 5 nitrogen and oxygen atoms in total. The first-order valence-corrected chi connectivity index (χ1v) is 6.12. The van der Waals surface area contributed by atoms with E-state index in [1.54, 1.807) is 6.08 Å². The second-order valence-corrected chi connectivity index (χ2v) is 4.23. The smallest absolute Gasteiger partial charge is 0.227 e. The van der Waals surface area contributed by atoms with Crippen LogP contribution in [0.4, 0.5) is 0 Å².